The van der Waals surface area contributed by atoms with E-state index in [0.29, 0.717) is 5.19 Å². The Bertz CT molecular complexity index is 210. The Labute approximate surface area is 118 Å². The molecule has 1 aromatic rings. The van der Waals surface area contributed by atoms with E-state index in [4.69, 9.17) is 0 Å². The molecule has 0 amide bonds. The van der Waals surface area contributed by atoms with Crippen molar-refractivity contribution >= 4 is 13.7 Å². The van der Waals surface area contributed by atoms with Gasteiger partial charge in [0.05, 0.1) is 0 Å². The summed E-state index contributed by atoms with van der Waals surface area (Å²) in [6.07, 6.45) is 0. The maximum absolute atomic E-state index is 10.9. The van der Waals surface area contributed by atoms with Crippen LogP contribution in [0.1, 0.15) is 0 Å². The molecule has 0 atom stereocenters. The Morgan fingerprint density at radius 2 is 1.42 bits per heavy atom. The Morgan fingerprint density at radius 1 is 1.00 bits per heavy atom. The first-order valence-corrected chi connectivity index (χ1v) is 5.39. The van der Waals surface area contributed by atoms with Crippen molar-refractivity contribution in [2.75, 3.05) is 0 Å². The van der Waals surface area contributed by atoms with E-state index in [-0.39, 0.29) is 59.1 Å². The third kappa shape index (κ3) is 5.17. The molecule has 0 unspecified atom stereocenters. The minimum Gasteiger partial charge on any atom is -0.866 e. The van der Waals surface area contributed by atoms with Crippen molar-refractivity contribution < 1.29 is 68.7 Å². The SMILES string of the molecule is C[Si]([O-])([O-])c1ccccc1.[Na+].[Na+]. The molecule has 0 saturated heterocycles. The number of hydrogen-bond donors (Lipinski definition) is 0. The molecule has 0 N–H and O–H groups in total. The molecule has 5 heteroatoms. The monoisotopic (exact) mass is 198 g/mol. The van der Waals surface area contributed by atoms with Crippen LogP contribution in [0.25, 0.3) is 0 Å². The minimum absolute atomic E-state index is 0. The summed E-state index contributed by atoms with van der Waals surface area (Å²) in [4.78, 5) is 21.8. The fourth-order valence-corrected chi connectivity index (χ4v) is 1.54. The Morgan fingerprint density at radius 3 is 1.67 bits per heavy atom. The quantitative estimate of drug-likeness (QED) is 0.421. The van der Waals surface area contributed by atoms with E-state index < -0.39 is 8.56 Å². The van der Waals surface area contributed by atoms with Crippen LogP contribution in [0.3, 0.4) is 0 Å². The van der Waals surface area contributed by atoms with E-state index in [1.807, 2.05) is 0 Å². The van der Waals surface area contributed by atoms with Gasteiger partial charge in [0.2, 0.25) is 0 Å². The molecule has 54 valence electrons. The topological polar surface area (TPSA) is 46.1 Å². The Balaban J connectivity index is 0. The van der Waals surface area contributed by atoms with Crippen molar-refractivity contribution in [1.82, 2.24) is 0 Å². The van der Waals surface area contributed by atoms with E-state index in [0.717, 1.165) is 0 Å². The molecule has 1 rings (SSSR count). The van der Waals surface area contributed by atoms with Crippen LogP contribution in [0.5, 0.6) is 0 Å². The van der Waals surface area contributed by atoms with Gasteiger partial charge in [0.15, 0.2) is 0 Å². The van der Waals surface area contributed by atoms with Gasteiger partial charge in [0.25, 0.3) is 0 Å². The van der Waals surface area contributed by atoms with Gasteiger partial charge in [0, 0.05) is 0 Å². The summed E-state index contributed by atoms with van der Waals surface area (Å²) >= 11 is 0. The second kappa shape index (κ2) is 6.76. The van der Waals surface area contributed by atoms with Crippen molar-refractivity contribution in [3.8, 4) is 0 Å². The third-order valence-corrected chi connectivity index (χ3v) is 2.68. The molecule has 0 radical (unpaired) electrons. The van der Waals surface area contributed by atoms with Crippen molar-refractivity contribution in [2.45, 2.75) is 6.55 Å². The molecule has 1 aromatic carbocycles. The molecule has 0 aliphatic carbocycles. The van der Waals surface area contributed by atoms with Crippen molar-refractivity contribution in [1.29, 1.82) is 0 Å². The molecule has 0 fully saturated rings. The van der Waals surface area contributed by atoms with Gasteiger partial charge in [-0.2, -0.15) is 0 Å². The van der Waals surface area contributed by atoms with Gasteiger partial charge in [-0.25, -0.2) is 0 Å². The van der Waals surface area contributed by atoms with E-state index in [9.17, 15) is 9.59 Å². The van der Waals surface area contributed by atoms with E-state index in [1.54, 1.807) is 30.3 Å². The zero-order chi connectivity index (χ0) is 7.61. The van der Waals surface area contributed by atoms with Crippen LogP contribution >= 0.6 is 0 Å². The molecular weight excluding hydrogens is 190 g/mol. The van der Waals surface area contributed by atoms with Gasteiger partial charge in [-0.15, -0.1) is 8.56 Å². The maximum atomic E-state index is 10.9. The van der Waals surface area contributed by atoms with Gasteiger partial charge in [-0.05, 0) is 0 Å². The summed E-state index contributed by atoms with van der Waals surface area (Å²) < 4.78 is 0. The summed E-state index contributed by atoms with van der Waals surface area (Å²) in [7, 11) is -3.53. The summed E-state index contributed by atoms with van der Waals surface area (Å²) in [5.74, 6) is 0. The second-order valence-corrected chi connectivity index (χ2v) is 4.78. The molecular formula is C7H8Na2O2Si. The number of benzene rings is 1. The first-order chi connectivity index (χ1) is 4.61. The summed E-state index contributed by atoms with van der Waals surface area (Å²) in [6, 6.07) is 8.44. The molecule has 2 nitrogen and oxygen atoms in total. The largest absolute Gasteiger partial charge is 1.00 e. The average molecular weight is 198 g/mol. The van der Waals surface area contributed by atoms with Crippen LogP contribution in [-0.2, 0) is 0 Å². The number of rotatable bonds is 1. The van der Waals surface area contributed by atoms with Gasteiger partial charge in [0.1, 0.15) is 0 Å². The smallest absolute Gasteiger partial charge is 0.866 e. The zero-order valence-corrected chi connectivity index (χ0v) is 12.7. The van der Waals surface area contributed by atoms with Crippen LogP contribution in [0.4, 0.5) is 0 Å². The van der Waals surface area contributed by atoms with Crippen LogP contribution in [0.15, 0.2) is 30.3 Å². The summed E-state index contributed by atoms with van der Waals surface area (Å²) in [5, 5.41) is 0.426. The first kappa shape index (κ1) is 15.8. The molecule has 0 aromatic heterocycles. The predicted octanol–water partition coefficient (Wildman–Crippen LogP) is -7.31. The zero-order valence-electron chi connectivity index (χ0n) is 7.70. The second-order valence-electron chi connectivity index (χ2n) is 2.31. The third-order valence-electron chi connectivity index (χ3n) is 1.30. The summed E-state index contributed by atoms with van der Waals surface area (Å²) in [5.41, 5.74) is 0. The normalized spacial score (nSPS) is 9.58. The van der Waals surface area contributed by atoms with Gasteiger partial charge in [-0.1, -0.05) is 42.1 Å². The van der Waals surface area contributed by atoms with Crippen molar-refractivity contribution in [2.24, 2.45) is 0 Å². The molecule has 0 saturated carbocycles. The van der Waals surface area contributed by atoms with Gasteiger partial charge >= 0.3 is 59.1 Å². The predicted molar refractivity (Wildman–Crippen MR) is 37.7 cm³/mol. The Hall–Kier alpha value is 1.36. The van der Waals surface area contributed by atoms with E-state index in [2.05, 4.69) is 0 Å². The van der Waals surface area contributed by atoms with E-state index in [1.165, 1.54) is 6.55 Å². The molecule has 0 bridgehead atoms. The summed E-state index contributed by atoms with van der Waals surface area (Å²) in [6.45, 7) is 1.25. The fraction of sp³-hybridized carbons (Fsp3) is 0.143. The van der Waals surface area contributed by atoms with Crippen molar-refractivity contribution in [3.63, 3.8) is 0 Å². The van der Waals surface area contributed by atoms with Crippen LogP contribution in [-0.4, -0.2) is 8.56 Å². The van der Waals surface area contributed by atoms with Crippen LogP contribution < -0.4 is 73.9 Å². The van der Waals surface area contributed by atoms with Crippen LogP contribution in [0.2, 0.25) is 6.55 Å². The molecule has 12 heavy (non-hydrogen) atoms. The molecule has 0 aliphatic heterocycles. The molecule has 0 heterocycles. The maximum Gasteiger partial charge on any atom is 1.00 e. The first-order valence-electron chi connectivity index (χ1n) is 3.07. The van der Waals surface area contributed by atoms with Gasteiger partial charge < -0.3 is 9.59 Å². The molecule has 0 spiro atoms. The van der Waals surface area contributed by atoms with Crippen molar-refractivity contribution in [3.05, 3.63) is 30.3 Å². The van der Waals surface area contributed by atoms with E-state index >= 15 is 0 Å². The fourth-order valence-electron chi connectivity index (χ4n) is 0.741. The number of hydrogen-bond acceptors (Lipinski definition) is 2. The average Bonchev–Trinajstić information content (AvgIpc) is 1.88. The molecule has 0 aliphatic rings. The Kier molecular flexibility index (Phi) is 8.91. The minimum atomic E-state index is -3.53. The van der Waals surface area contributed by atoms with Gasteiger partial charge in [-0.3, -0.25) is 0 Å². The van der Waals surface area contributed by atoms with Crippen LogP contribution in [0, 0.1) is 0 Å². The standard InChI is InChI=1S/C7H8O2Si.2Na/c1-10(8,9)7-5-3-2-4-6-7;;/h2-6H,1H3;;/q-2;2*+1.